The smallest absolute Gasteiger partial charge is 0.105 e. The molecule has 1 aromatic heterocycles. The molecule has 1 atom stereocenters. The van der Waals surface area contributed by atoms with Crippen molar-refractivity contribution in [2.45, 2.75) is 32.7 Å². The van der Waals surface area contributed by atoms with Gasteiger partial charge in [-0.3, -0.25) is 0 Å². The van der Waals surface area contributed by atoms with Gasteiger partial charge in [-0.15, -0.1) is 0 Å². The van der Waals surface area contributed by atoms with Gasteiger partial charge in [-0.1, -0.05) is 6.92 Å². The molecule has 1 heterocycles. The van der Waals surface area contributed by atoms with E-state index in [-0.39, 0.29) is 0 Å². The summed E-state index contributed by atoms with van der Waals surface area (Å²) in [6.45, 7) is 7.52. The van der Waals surface area contributed by atoms with Gasteiger partial charge >= 0.3 is 0 Å². The molecule has 0 bridgehead atoms. The number of rotatable bonds is 8. The van der Waals surface area contributed by atoms with Crippen LogP contribution in [0.4, 0.5) is 0 Å². The van der Waals surface area contributed by atoms with Gasteiger partial charge in [0.05, 0.1) is 6.26 Å². The van der Waals surface area contributed by atoms with Gasteiger partial charge in [-0.25, -0.2) is 0 Å². The fraction of sp³-hybridized carbons (Fsp3) is 0.667. The molecule has 0 aliphatic rings. The second-order valence-electron chi connectivity index (χ2n) is 3.89. The van der Waals surface area contributed by atoms with Gasteiger partial charge < -0.3 is 15.1 Å². The summed E-state index contributed by atoms with van der Waals surface area (Å²) < 4.78 is 5.29. The van der Waals surface area contributed by atoms with E-state index in [0.29, 0.717) is 6.04 Å². The predicted octanol–water partition coefficient (Wildman–Crippen LogP) is 1.80. The molecule has 0 fully saturated rings. The first kappa shape index (κ1) is 12.3. The Hall–Kier alpha value is -0.800. The van der Waals surface area contributed by atoms with Crippen molar-refractivity contribution in [3.05, 3.63) is 24.2 Å². The van der Waals surface area contributed by atoms with Crippen LogP contribution in [0.15, 0.2) is 22.8 Å². The van der Waals surface area contributed by atoms with Crippen molar-refractivity contribution in [2.24, 2.45) is 0 Å². The molecule has 0 aromatic carbocycles. The summed E-state index contributed by atoms with van der Waals surface area (Å²) in [6.07, 6.45) is 3.88. The lowest BCUT2D eigenvalue weighted by molar-refractivity contribution is 0.454. The Kier molecular flexibility index (Phi) is 6.12. The molecule has 0 amide bonds. The zero-order chi connectivity index (χ0) is 10.9. The van der Waals surface area contributed by atoms with E-state index < -0.39 is 0 Å². The maximum atomic E-state index is 5.29. The van der Waals surface area contributed by atoms with E-state index in [0.717, 1.165) is 31.8 Å². The van der Waals surface area contributed by atoms with Gasteiger partial charge in [0.15, 0.2) is 0 Å². The van der Waals surface area contributed by atoms with Crippen LogP contribution in [0.2, 0.25) is 0 Å². The molecule has 0 spiro atoms. The van der Waals surface area contributed by atoms with E-state index in [4.69, 9.17) is 4.42 Å². The molecule has 1 rings (SSSR count). The van der Waals surface area contributed by atoms with E-state index in [1.807, 2.05) is 12.1 Å². The first-order chi connectivity index (χ1) is 7.33. The molecule has 15 heavy (non-hydrogen) atoms. The molecule has 3 nitrogen and oxygen atoms in total. The van der Waals surface area contributed by atoms with Crippen molar-refractivity contribution >= 4 is 0 Å². The average Bonchev–Trinajstić information content (AvgIpc) is 2.70. The van der Waals surface area contributed by atoms with Crippen LogP contribution < -0.4 is 10.6 Å². The number of hydrogen-bond donors (Lipinski definition) is 2. The summed E-state index contributed by atoms with van der Waals surface area (Å²) in [4.78, 5) is 0. The van der Waals surface area contributed by atoms with Crippen molar-refractivity contribution < 1.29 is 4.42 Å². The second kappa shape index (κ2) is 7.49. The Bertz CT molecular complexity index is 234. The van der Waals surface area contributed by atoms with E-state index in [1.54, 1.807) is 6.26 Å². The Morgan fingerprint density at radius 2 is 2.20 bits per heavy atom. The maximum absolute atomic E-state index is 5.29. The van der Waals surface area contributed by atoms with E-state index in [9.17, 15) is 0 Å². The van der Waals surface area contributed by atoms with Gasteiger partial charge in [0.1, 0.15) is 5.76 Å². The quantitative estimate of drug-likeness (QED) is 0.642. The summed E-state index contributed by atoms with van der Waals surface area (Å²) in [6, 6.07) is 4.43. The zero-order valence-corrected chi connectivity index (χ0v) is 9.75. The highest BCUT2D eigenvalue weighted by Crippen LogP contribution is 2.03. The molecule has 0 radical (unpaired) electrons. The van der Waals surface area contributed by atoms with Gasteiger partial charge in [-0.05, 0) is 32.0 Å². The highest BCUT2D eigenvalue weighted by molar-refractivity contribution is 4.99. The van der Waals surface area contributed by atoms with Crippen LogP contribution >= 0.6 is 0 Å². The molecule has 2 N–H and O–H groups in total. The van der Waals surface area contributed by atoms with Gasteiger partial charge in [0.25, 0.3) is 0 Å². The molecule has 0 aliphatic heterocycles. The van der Waals surface area contributed by atoms with Crippen LogP contribution in [0.3, 0.4) is 0 Å². The molecule has 0 saturated heterocycles. The largest absolute Gasteiger partial charge is 0.469 e. The number of furan rings is 1. The van der Waals surface area contributed by atoms with Gasteiger partial charge in [0, 0.05) is 25.6 Å². The minimum atomic E-state index is 0.472. The van der Waals surface area contributed by atoms with Crippen molar-refractivity contribution in [1.29, 1.82) is 0 Å². The van der Waals surface area contributed by atoms with Crippen molar-refractivity contribution in [2.75, 3.05) is 19.6 Å². The molecule has 1 aromatic rings. The lowest BCUT2D eigenvalue weighted by Gasteiger charge is -2.12. The third kappa shape index (κ3) is 5.60. The minimum Gasteiger partial charge on any atom is -0.469 e. The SMILES string of the molecule is CCCNCCNC(C)Cc1ccco1. The molecule has 0 saturated carbocycles. The molecule has 86 valence electrons. The standard InChI is InChI=1S/C12H22N2O/c1-3-6-13-7-8-14-11(2)10-12-5-4-9-15-12/h4-5,9,11,13-14H,3,6-8,10H2,1-2H3. The van der Waals surface area contributed by atoms with Crippen LogP contribution in [0.1, 0.15) is 26.0 Å². The first-order valence-electron chi connectivity index (χ1n) is 5.79. The third-order valence-electron chi connectivity index (χ3n) is 2.31. The van der Waals surface area contributed by atoms with Crippen molar-refractivity contribution in [3.63, 3.8) is 0 Å². The fourth-order valence-electron chi connectivity index (χ4n) is 1.51. The topological polar surface area (TPSA) is 37.2 Å². The third-order valence-corrected chi connectivity index (χ3v) is 2.31. The summed E-state index contributed by atoms with van der Waals surface area (Å²) in [5, 5.41) is 6.82. The van der Waals surface area contributed by atoms with E-state index in [2.05, 4.69) is 24.5 Å². The second-order valence-corrected chi connectivity index (χ2v) is 3.89. The molecule has 1 unspecified atom stereocenters. The molecular weight excluding hydrogens is 188 g/mol. The lowest BCUT2D eigenvalue weighted by atomic mass is 10.2. The van der Waals surface area contributed by atoms with Gasteiger partial charge in [0.2, 0.25) is 0 Å². The average molecular weight is 210 g/mol. The van der Waals surface area contributed by atoms with Gasteiger partial charge in [-0.2, -0.15) is 0 Å². The Morgan fingerprint density at radius 3 is 2.87 bits per heavy atom. The molecule has 0 aliphatic carbocycles. The predicted molar refractivity (Wildman–Crippen MR) is 63.0 cm³/mol. The Labute approximate surface area is 92.2 Å². The summed E-state index contributed by atoms with van der Waals surface area (Å²) in [5.74, 6) is 1.05. The monoisotopic (exact) mass is 210 g/mol. The summed E-state index contributed by atoms with van der Waals surface area (Å²) in [5.41, 5.74) is 0. The van der Waals surface area contributed by atoms with E-state index >= 15 is 0 Å². The maximum Gasteiger partial charge on any atom is 0.105 e. The van der Waals surface area contributed by atoms with Crippen molar-refractivity contribution in [1.82, 2.24) is 10.6 Å². The molecular formula is C12H22N2O. The molecule has 3 heteroatoms. The Morgan fingerprint density at radius 1 is 1.33 bits per heavy atom. The summed E-state index contributed by atoms with van der Waals surface area (Å²) in [7, 11) is 0. The Balaban J connectivity index is 2.01. The first-order valence-corrected chi connectivity index (χ1v) is 5.79. The van der Waals surface area contributed by atoms with Crippen LogP contribution in [-0.2, 0) is 6.42 Å². The number of hydrogen-bond acceptors (Lipinski definition) is 3. The number of nitrogens with one attached hydrogen (secondary N) is 2. The van der Waals surface area contributed by atoms with Crippen molar-refractivity contribution in [3.8, 4) is 0 Å². The fourth-order valence-corrected chi connectivity index (χ4v) is 1.51. The van der Waals surface area contributed by atoms with Crippen LogP contribution in [0, 0.1) is 0 Å². The zero-order valence-electron chi connectivity index (χ0n) is 9.75. The lowest BCUT2D eigenvalue weighted by Crippen LogP contribution is -2.34. The van der Waals surface area contributed by atoms with Crippen LogP contribution in [0.25, 0.3) is 0 Å². The van der Waals surface area contributed by atoms with Crippen LogP contribution in [-0.4, -0.2) is 25.7 Å². The van der Waals surface area contributed by atoms with Crippen LogP contribution in [0.5, 0.6) is 0 Å². The highest BCUT2D eigenvalue weighted by atomic mass is 16.3. The van der Waals surface area contributed by atoms with E-state index in [1.165, 1.54) is 6.42 Å². The normalized spacial score (nSPS) is 12.9. The minimum absolute atomic E-state index is 0.472. The highest BCUT2D eigenvalue weighted by Gasteiger charge is 2.03. The summed E-state index contributed by atoms with van der Waals surface area (Å²) >= 11 is 0.